The lowest BCUT2D eigenvalue weighted by atomic mass is 9.93. The van der Waals surface area contributed by atoms with E-state index in [1.54, 1.807) is 17.7 Å². The number of nitrogens with one attached hydrogen (secondary N) is 1. The van der Waals surface area contributed by atoms with Crippen LogP contribution in [0.1, 0.15) is 65.3 Å². The first-order valence-electron chi connectivity index (χ1n) is 8.55. The number of aryl methyl sites for hydroxylation is 2. The first-order valence-corrected chi connectivity index (χ1v) is 9.43. The van der Waals surface area contributed by atoms with E-state index in [4.69, 9.17) is 0 Å². The van der Waals surface area contributed by atoms with Crippen LogP contribution < -0.4 is 5.32 Å². The molecule has 0 aromatic carbocycles. The van der Waals surface area contributed by atoms with Gasteiger partial charge in [0, 0.05) is 6.54 Å². The largest absolute Gasteiger partial charge is 0.341 e. The lowest BCUT2D eigenvalue weighted by molar-refractivity contribution is 0.0931. The second-order valence-corrected chi connectivity index (χ2v) is 7.38. The van der Waals surface area contributed by atoms with Crippen LogP contribution >= 0.6 is 11.3 Å². The van der Waals surface area contributed by atoms with Crippen molar-refractivity contribution in [3.05, 3.63) is 33.5 Å². The molecule has 1 amide bonds. The van der Waals surface area contributed by atoms with Gasteiger partial charge in [0.05, 0.1) is 10.9 Å². The van der Waals surface area contributed by atoms with Crippen LogP contribution in [0.5, 0.6) is 0 Å². The van der Waals surface area contributed by atoms with Crippen molar-refractivity contribution >= 4 is 17.2 Å². The molecule has 5 nitrogen and oxygen atoms in total. The molecule has 1 fully saturated rings. The van der Waals surface area contributed by atoms with E-state index in [2.05, 4.69) is 27.7 Å². The molecule has 0 saturated heterocycles. The SMILES string of the molecule is CCn1ncnc1[C@H](NC(=O)c1scc2c1CCCC2)C1CC1. The molecule has 1 atom stereocenters. The summed E-state index contributed by atoms with van der Waals surface area (Å²) in [4.78, 5) is 18.2. The highest BCUT2D eigenvalue weighted by atomic mass is 32.1. The fraction of sp³-hybridized carbons (Fsp3) is 0.588. The zero-order valence-electron chi connectivity index (χ0n) is 13.4. The minimum atomic E-state index is -0.00806. The number of carbonyl (C=O) groups excluding carboxylic acids is 1. The number of thiophene rings is 1. The van der Waals surface area contributed by atoms with E-state index in [0.717, 1.165) is 42.9 Å². The van der Waals surface area contributed by atoms with E-state index < -0.39 is 0 Å². The molecule has 0 aliphatic heterocycles. The smallest absolute Gasteiger partial charge is 0.262 e. The van der Waals surface area contributed by atoms with Gasteiger partial charge in [-0.2, -0.15) is 5.10 Å². The van der Waals surface area contributed by atoms with E-state index in [0.29, 0.717) is 5.92 Å². The standard InChI is InChI=1S/C17H22N4OS/c1-2-21-16(18-10-19-21)14(11-7-8-11)20-17(22)15-13-6-4-3-5-12(13)9-23-15/h9-11,14H,2-8H2,1H3,(H,20,22)/t14-/m1/s1. The maximum atomic E-state index is 12.9. The second-order valence-electron chi connectivity index (χ2n) is 6.50. The Bertz CT molecular complexity index is 716. The maximum Gasteiger partial charge on any atom is 0.262 e. The number of amides is 1. The molecule has 2 aromatic rings. The van der Waals surface area contributed by atoms with Gasteiger partial charge in [-0.05, 0) is 67.9 Å². The summed E-state index contributed by atoms with van der Waals surface area (Å²) in [6.07, 6.45) is 8.51. The van der Waals surface area contributed by atoms with Crippen molar-refractivity contribution in [1.29, 1.82) is 0 Å². The highest BCUT2D eigenvalue weighted by molar-refractivity contribution is 7.12. The van der Waals surface area contributed by atoms with Crippen molar-refractivity contribution in [3.8, 4) is 0 Å². The third-order valence-electron chi connectivity index (χ3n) is 4.91. The number of nitrogens with zero attached hydrogens (tertiary/aromatic N) is 3. The zero-order chi connectivity index (χ0) is 15.8. The molecule has 23 heavy (non-hydrogen) atoms. The molecule has 1 saturated carbocycles. The molecule has 4 rings (SSSR count). The Hall–Kier alpha value is -1.69. The Kier molecular flexibility index (Phi) is 3.93. The van der Waals surface area contributed by atoms with Gasteiger partial charge in [0.2, 0.25) is 0 Å². The Morgan fingerprint density at radius 3 is 3.04 bits per heavy atom. The predicted octanol–water partition coefficient (Wildman–Crippen LogP) is 3.12. The molecule has 2 aliphatic rings. The summed E-state index contributed by atoms with van der Waals surface area (Å²) >= 11 is 1.60. The Morgan fingerprint density at radius 2 is 2.26 bits per heavy atom. The third kappa shape index (κ3) is 2.80. The van der Waals surface area contributed by atoms with E-state index in [1.807, 2.05) is 4.68 Å². The maximum absolute atomic E-state index is 12.9. The fourth-order valence-electron chi connectivity index (χ4n) is 3.50. The van der Waals surface area contributed by atoms with Crippen molar-refractivity contribution in [2.75, 3.05) is 0 Å². The van der Waals surface area contributed by atoms with Crippen molar-refractivity contribution in [2.24, 2.45) is 5.92 Å². The molecule has 0 radical (unpaired) electrons. The summed E-state index contributed by atoms with van der Waals surface area (Å²) < 4.78 is 1.90. The first-order chi connectivity index (χ1) is 11.3. The second kappa shape index (κ2) is 6.07. The number of rotatable bonds is 5. The van der Waals surface area contributed by atoms with Crippen LogP contribution in [0, 0.1) is 5.92 Å². The van der Waals surface area contributed by atoms with Crippen molar-refractivity contribution < 1.29 is 4.79 Å². The van der Waals surface area contributed by atoms with Gasteiger partial charge < -0.3 is 5.32 Å². The molecular formula is C17H22N4OS. The monoisotopic (exact) mass is 330 g/mol. The van der Waals surface area contributed by atoms with Gasteiger partial charge in [0.1, 0.15) is 12.2 Å². The average Bonchev–Trinajstić information content (AvgIpc) is 3.15. The van der Waals surface area contributed by atoms with E-state index >= 15 is 0 Å². The van der Waals surface area contributed by atoms with Gasteiger partial charge in [0.25, 0.3) is 5.91 Å². The van der Waals surface area contributed by atoms with Gasteiger partial charge in [-0.1, -0.05) is 0 Å². The summed E-state index contributed by atoms with van der Waals surface area (Å²) in [6.45, 7) is 2.84. The van der Waals surface area contributed by atoms with Crippen LogP contribution in [-0.4, -0.2) is 20.7 Å². The molecular weight excluding hydrogens is 308 g/mol. The molecule has 2 heterocycles. The van der Waals surface area contributed by atoms with Crippen LogP contribution in [0.25, 0.3) is 0 Å². The number of aromatic nitrogens is 3. The molecule has 0 unspecified atom stereocenters. The van der Waals surface area contributed by atoms with Crippen molar-refractivity contribution in [3.63, 3.8) is 0 Å². The molecule has 0 spiro atoms. The van der Waals surface area contributed by atoms with Crippen molar-refractivity contribution in [2.45, 2.75) is 58.0 Å². The molecule has 6 heteroatoms. The van der Waals surface area contributed by atoms with Crippen LogP contribution in [-0.2, 0) is 19.4 Å². The summed E-state index contributed by atoms with van der Waals surface area (Å²) in [7, 11) is 0. The van der Waals surface area contributed by atoms with Gasteiger partial charge in [-0.3, -0.25) is 4.79 Å². The lowest BCUT2D eigenvalue weighted by Crippen LogP contribution is -2.32. The van der Waals surface area contributed by atoms with Crippen LogP contribution in [0.3, 0.4) is 0 Å². The van der Waals surface area contributed by atoms with Gasteiger partial charge in [-0.25, -0.2) is 9.67 Å². The fourth-order valence-corrected chi connectivity index (χ4v) is 4.56. The Balaban J connectivity index is 1.58. The van der Waals surface area contributed by atoms with Gasteiger partial charge in [0.15, 0.2) is 0 Å². The van der Waals surface area contributed by atoms with Gasteiger partial charge in [-0.15, -0.1) is 11.3 Å². The third-order valence-corrected chi connectivity index (χ3v) is 5.98. The normalized spacial score (nSPS) is 18.5. The minimum Gasteiger partial charge on any atom is -0.341 e. The van der Waals surface area contributed by atoms with Crippen LogP contribution in [0.15, 0.2) is 11.7 Å². The van der Waals surface area contributed by atoms with Crippen molar-refractivity contribution in [1.82, 2.24) is 20.1 Å². The van der Waals surface area contributed by atoms with E-state index in [-0.39, 0.29) is 11.9 Å². The quantitative estimate of drug-likeness (QED) is 0.916. The lowest BCUT2D eigenvalue weighted by Gasteiger charge is -2.19. The van der Waals surface area contributed by atoms with E-state index in [9.17, 15) is 4.79 Å². The molecule has 1 N–H and O–H groups in total. The minimum absolute atomic E-state index is 0.00806. The number of hydrogen-bond acceptors (Lipinski definition) is 4. The summed E-state index contributed by atoms with van der Waals surface area (Å²) in [5.74, 6) is 1.47. The zero-order valence-corrected chi connectivity index (χ0v) is 14.2. The Morgan fingerprint density at radius 1 is 1.43 bits per heavy atom. The molecule has 2 aromatic heterocycles. The van der Waals surface area contributed by atoms with Crippen LogP contribution in [0.4, 0.5) is 0 Å². The molecule has 2 aliphatic carbocycles. The summed E-state index contributed by atoms with van der Waals surface area (Å²) in [5.41, 5.74) is 2.66. The first kappa shape index (κ1) is 14.9. The summed E-state index contributed by atoms with van der Waals surface area (Å²) in [5, 5.41) is 9.69. The Labute approximate surface area is 140 Å². The number of hydrogen-bond donors (Lipinski definition) is 1. The number of carbonyl (C=O) groups is 1. The summed E-state index contributed by atoms with van der Waals surface area (Å²) in [6, 6.07) is -0.00806. The topological polar surface area (TPSA) is 59.8 Å². The average molecular weight is 330 g/mol. The molecule has 0 bridgehead atoms. The van der Waals surface area contributed by atoms with E-state index in [1.165, 1.54) is 24.0 Å². The predicted molar refractivity (Wildman–Crippen MR) is 89.6 cm³/mol. The highest BCUT2D eigenvalue weighted by Crippen LogP contribution is 2.41. The highest BCUT2D eigenvalue weighted by Gasteiger charge is 2.37. The van der Waals surface area contributed by atoms with Gasteiger partial charge >= 0.3 is 0 Å². The van der Waals surface area contributed by atoms with Crippen LogP contribution in [0.2, 0.25) is 0 Å². The molecule has 122 valence electrons. The number of fused-ring (bicyclic) bond motifs is 1.